The molecule has 2 aromatic rings. The molecule has 1 aromatic heterocycles. The highest BCUT2D eigenvalue weighted by atomic mass is 35.5. The van der Waals surface area contributed by atoms with Gasteiger partial charge in [0.25, 0.3) is 0 Å². The predicted molar refractivity (Wildman–Crippen MR) is 71.1 cm³/mol. The van der Waals surface area contributed by atoms with Crippen LogP contribution in [-0.2, 0) is 4.74 Å². The van der Waals surface area contributed by atoms with E-state index in [0.717, 1.165) is 0 Å². The second-order valence-electron chi connectivity index (χ2n) is 4.36. The van der Waals surface area contributed by atoms with Crippen molar-refractivity contribution in [3.8, 4) is 5.75 Å². The lowest BCUT2D eigenvalue weighted by molar-refractivity contribution is -0.385. The first-order chi connectivity index (χ1) is 9.65. The third kappa shape index (κ3) is 2.37. The summed E-state index contributed by atoms with van der Waals surface area (Å²) in [5, 5.41) is 11.8. The molecule has 0 bridgehead atoms. The summed E-state index contributed by atoms with van der Waals surface area (Å²) in [4.78, 5) is 18.5. The van der Waals surface area contributed by atoms with Crippen molar-refractivity contribution in [3.63, 3.8) is 0 Å². The van der Waals surface area contributed by atoms with Gasteiger partial charge in [-0.2, -0.15) is 0 Å². The zero-order chi connectivity index (χ0) is 14.1. The fraction of sp³-hybridized carbons (Fsp3) is 0.333. The number of benzene rings is 1. The van der Waals surface area contributed by atoms with Crippen LogP contribution in [0.25, 0.3) is 10.9 Å². The first kappa shape index (κ1) is 13.0. The monoisotopic (exact) mass is 295 g/mol. The van der Waals surface area contributed by atoms with Crippen LogP contribution in [0.3, 0.4) is 0 Å². The van der Waals surface area contributed by atoms with E-state index in [-0.39, 0.29) is 22.7 Å². The van der Waals surface area contributed by atoms with Crippen LogP contribution >= 0.6 is 11.6 Å². The van der Waals surface area contributed by atoms with Gasteiger partial charge in [-0.25, -0.2) is 9.97 Å². The van der Waals surface area contributed by atoms with E-state index in [1.807, 2.05) is 0 Å². The molecule has 1 aromatic carbocycles. The van der Waals surface area contributed by atoms with Crippen molar-refractivity contribution in [1.82, 2.24) is 9.97 Å². The highest BCUT2D eigenvalue weighted by Gasteiger charge is 2.24. The average Bonchev–Trinajstić information content (AvgIpc) is 2.91. The lowest BCUT2D eigenvalue weighted by Crippen LogP contribution is -2.16. The lowest BCUT2D eigenvalue weighted by atomic mass is 10.2. The molecule has 1 aliphatic heterocycles. The molecule has 2 heterocycles. The molecule has 3 rings (SSSR count). The van der Waals surface area contributed by atoms with Gasteiger partial charge < -0.3 is 9.47 Å². The summed E-state index contributed by atoms with van der Waals surface area (Å²) in [5.41, 5.74) is 0.352. The number of halogens is 1. The van der Waals surface area contributed by atoms with Crippen molar-refractivity contribution < 1.29 is 14.4 Å². The van der Waals surface area contributed by atoms with Crippen LogP contribution in [-0.4, -0.2) is 34.2 Å². The van der Waals surface area contributed by atoms with Crippen molar-refractivity contribution in [2.45, 2.75) is 12.5 Å². The van der Waals surface area contributed by atoms with Crippen molar-refractivity contribution in [3.05, 3.63) is 33.7 Å². The van der Waals surface area contributed by atoms with Gasteiger partial charge in [0.1, 0.15) is 17.6 Å². The predicted octanol–water partition coefficient (Wildman–Crippen LogP) is 2.36. The minimum atomic E-state index is -0.506. The first-order valence-electron chi connectivity index (χ1n) is 5.98. The molecule has 1 atom stereocenters. The smallest absolute Gasteiger partial charge is 0.311 e. The van der Waals surface area contributed by atoms with E-state index >= 15 is 0 Å². The van der Waals surface area contributed by atoms with Crippen molar-refractivity contribution in [2.24, 2.45) is 0 Å². The Bertz CT molecular complexity index is 673. The number of hydrogen-bond acceptors (Lipinski definition) is 6. The van der Waals surface area contributed by atoms with Crippen LogP contribution in [0.1, 0.15) is 6.42 Å². The van der Waals surface area contributed by atoms with Gasteiger partial charge in [0.15, 0.2) is 5.75 Å². The second kappa shape index (κ2) is 5.18. The zero-order valence-corrected chi connectivity index (χ0v) is 11.0. The summed E-state index contributed by atoms with van der Waals surface area (Å²) < 4.78 is 10.8. The number of nitro benzene ring substituents is 1. The van der Waals surface area contributed by atoms with Crippen LogP contribution in [0, 0.1) is 10.1 Å². The highest BCUT2D eigenvalue weighted by Crippen LogP contribution is 2.34. The fourth-order valence-electron chi connectivity index (χ4n) is 2.06. The molecular weight excluding hydrogens is 286 g/mol. The van der Waals surface area contributed by atoms with E-state index in [9.17, 15) is 10.1 Å². The number of nitrogens with zero attached hydrogens (tertiary/aromatic N) is 3. The summed E-state index contributed by atoms with van der Waals surface area (Å²) in [6.07, 6.45) is 1.84. The molecule has 0 aliphatic carbocycles. The number of nitro groups is 1. The molecule has 7 nitrogen and oxygen atoms in total. The molecule has 20 heavy (non-hydrogen) atoms. The van der Waals surface area contributed by atoms with Gasteiger partial charge in [-0.3, -0.25) is 10.1 Å². The Morgan fingerprint density at radius 2 is 2.30 bits per heavy atom. The summed E-state index contributed by atoms with van der Waals surface area (Å²) in [7, 11) is 0. The summed E-state index contributed by atoms with van der Waals surface area (Å²) in [5.74, 6) is 0.174. The molecule has 0 radical (unpaired) electrons. The Hall–Kier alpha value is -1.99. The van der Waals surface area contributed by atoms with E-state index in [0.29, 0.717) is 30.5 Å². The zero-order valence-electron chi connectivity index (χ0n) is 10.3. The van der Waals surface area contributed by atoms with E-state index in [1.165, 1.54) is 18.5 Å². The van der Waals surface area contributed by atoms with Gasteiger partial charge in [-0.05, 0) is 0 Å². The molecule has 0 amide bonds. The third-order valence-electron chi connectivity index (χ3n) is 3.05. The maximum Gasteiger partial charge on any atom is 0.311 e. The minimum absolute atomic E-state index is 0.152. The maximum absolute atomic E-state index is 11.2. The molecule has 1 fully saturated rings. The molecule has 0 saturated carbocycles. The van der Waals surface area contributed by atoms with Gasteiger partial charge in [0.05, 0.1) is 23.7 Å². The maximum atomic E-state index is 11.2. The Kier molecular flexibility index (Phi) is 3.37. The Morgan fingerprint density at radius 3 is 3.00 bits per heavy atom. The van der Waals surface area contributed by atoms with Crippen LogP contribution < -0.4 is 4.74 Å². The Labute approximate surface area is 118 Å². The molecule has 104 valence electrons. The molecular formula is C12H10ClN3O4. The summed E-state index contributed by atoms with van der Waals surface area (Å²) in [6.45, 7) is 1.03. The number of hydrogen-bond donors (Lipinski definition) is 0. The van der Waals surface area contributed by atoms with Crippen molar-refractivity contribution in [2.75, 3.05) is 13.2 Å². The summed E-state index contributed by atoms with van der Waals surface area (Å²) >= 11 is 5.92. The third-order valence-corrected chi connectivity index (χ3v) is 3.35. The highest BCUT2D eigenvalue weighted by molar-refractivity contribution is 6.34. The minimum Gasteiger partial charge on any atom is -0.481 e. The van der Waals surface area contributed by atoms with E-state index in [1.54, 1.807) is 0 Å². The normalized spacial score (nSPS) is 18.4. The van der Waals surface area contributed by atoms with E-state index in [2.05, 4.69) is 9.97 Å². The van der Waals surface area contributed by atoms with E-state index in [4.69, 9.17) is 21.1 Å². The van der Waals surface area contributed by atoms with Gasteiger partial charge in [0, 0.05) is 23.9 Å². The average molecular weight is 296 g/mol. The van der Waals surface area contributed by atoms with E-state index < -0.39 is 4.92 Å². The largest absolute Gasteiger partial charge is 0.481 e. The number of fused-ring (bicyclic) bond motifs is 1. The molecule has 1 aliphatic rings. The van der Waals surface area contributed by atoms with Crippen LogP contribution in [0.4, 0.5) is 5.69 Å². The summed E-state index contributed by atoms with van der Waals surface area (Å²) in [6, 6.07) is 2.85. The van der Waals surface area contributed by atoms with Crippen LogP contribution in [0.5, 0.6) is 5.75 Å². The first-order valence-corrected chi connectivity index (χ1v) is 6.36. The van der Waals surface area contributed by atoms with Crippen molar-refractivity contribution in [1.29, 1.82) is 0 Å². The molecule has 1 unspecified atom stereocenters. The lowest BCUT2D eigenvalue weighted by Gasteiger charge is -2.12. The van der Waals surface area contributed by atoms with Gasteiger partial charge in [-0.15, -0.1) is 0 Å². The van der Waals surface area contributed by atoms with Crippen LogP contribution in [0.2, 0.25) is 5.15 Å². The molecule has 0 spiro atoms. The topological polar surface area (TPSA) is 87.4 Å². The van der Waals surface area contributed by atoms with Gasteiger partial charge in [-0.1, -0.05) is 11.6 Å². The number of ether oxygens (including phenoxy) is 2. The second-order valence-corrected chi connectivity index (χ2v) is 4.72. The Morgan fingerprint density at radius 1 is 1.45 bits per heavy atom. The number of aromatic nitrogens is 2. The van der Waals surface area contributed by atoms with Crippen LogP contribution in [0.15, 0.2) is 18.5 Å². The standard InChI is InChI=1S/C12H10ClN3O4/c13-12-8-3-10(16(17)18)11(4-9(8)14-6-15-12)20-7-1-2-19-5-7/h3-4,6-7H,1-2,5H2. The fourth-order valence-corrected chi connectivity index (χ4v) is 2.26. The molecule has 1 saturated heterocycles. The van der Waals surface area contributed by atoms with Gasteiger partial charge >= 0.3 is 5.69 Å². The quantitative estimate of drug-likeness (QED) is 0.491. The van der Waals surface area contributed by atoms with Gasteiger partial charge in [0.2, 0.25) is 0 Å². The van der Waals surface area contributed by atoms with Crippen molar-refractivity contribution >= 4 is 28.2 Å². The Balaban J connectivity index is 2.08. The molecule has 8 heteroatoms. The number of rotatable bonds is 3. The molecule has 0 N–H and O–H groups in total. The SMILES string of the molecule is O=[N+]([O-])c1cc2c(Cl)ncnc2cc1OC1CCOC1.